The van der Waals surface area contributed by atoms with Crippen LogP contribution >= 0.6 is 11.8 Å². The molecule has 162 valence electrons. The van der Waals surface area contributed by atoms with Gasteiger partial charge in [-0.2, -0.15) is 0 Å². The number of amides is 1. The molecule has 1 N–H and O–H groups in total. The minimum absolute atomic E-state index is 0.157. The molecule has 1 aliphatic rings. The molecule has 0 spiro atoms. The Morgan fingerprint density at radius 3 is 2.66 bits per heavy atom. The molecule has 0 atom stereocenters. The highest BCUT2D eigenvalue weighted by atomic mass is 32.2. The van der Waals surface area contributed by atoms with Gasteiger partial charge in [-0.15, -0.1) is 10.2 Å². The second kappa shape index (κ2) is 8.80. The molecule has 5 rings (SSSR count). The summed E-state index contributed by atoms with van der Waals surface area (Å²) in [4.78, 5) is 12.6. The lowest BCUT2D eigenvalue weighted by atomic mass is 10.2. The lowest BCUT2D eigenvalue weighted by Crippen LogP contribution is -2.17. The van der Waals surface area contributed by atoms with E-state index in [0.29, 0.717) is 41.4 Å². The molecule has 0 saturated heterocycles. The van der Waals surface area contributed by atoms with E-state index in [1.54, 1.807) is 24.5 Å². The van der Waals surface area contributed by atoms with Crippen molar-refractivity contribution >= 4 is 23.4 Å². The molecule has 0 bridgehead atoms. The topological polar surface area (TPSA) is 91.4 Å². The molecule has 3 heterocycles. The van der Waals surface area contributed by atoms with Crippen LogP contribution in [0, 0.1) is 6.92 Å². The van der Waals surface area contributed by atoms with Gasteiger partial charge < -0.3 is 19.2 Å². The number of ether oxygens (including phenoxy) is 2. The van der Waals surface area contributed by atoms with E-state index in [-0.39, 0.29) is 11.7 Å². The second-order valence-corrected chi connectivity index (χ2v) is 8.01. The van der Waals surface area contributed by atoms with Crippen LogP contribution < -0.4 is 14.8 Å². The number of anilines is 1. The molecule has 2 aromatic heterocycles. The van der Waals surface area contributed by atoms with Gasteiger partial charge in [-0.3, -0.25) is 9.36 Å². The van der Waals surface area contributed by atoms with Crippen molar-refractivity contribution in [1.29, 1.82) is 0 Å². The normalized spacial score (nSPS) is 12.5. The van der Waals surface area contributed by atoms with E-state index in [1.807, 2.05) is 47.9 Å². The van der Waals surface area contributed by atoms with Crippen LogP contribution in [-0.2, 0) is 4.79 Å². The third-order valence-electron chi connectivity index (χ3n) is 4.91. The highest BCUT2D eigenvalue weighted by Gasteiger charge is 2.20. The number of aromatic nitrogens is 3. The summed E-state index contributed by atoms with van der Waals surface area (Å²) in [5, 5.41) is 12.2. The molecular formula is C23H20N4O4S. The van der Waals surface area contributed by atoms with Gasteiger partial charge >= 0.3 is 0 Å². The SMILES string of the molecule is Cc1occc1-c1nnc(SCC(=O)Nc2ccc3c(c2)OCCO3)n1-c1ccccc1. The zero-order valence-electron chi connectivity index (χ0n) is 17.3. The largest absolute Gasteiger partial charge is 0.486 e. The number of fused-ring (bicyclic) bond motifs is 1. The van der Waals surface area contributed by atoms with Crippen molar-refractivity contribution in [3.05, 3.63) is 66.6 Å². The van der Waals surface area contributed by atoms with Gasteiger partial charge in [0.25, 0.3) is 0 Å². The van der Waals surface area contributed by atoms with E-state index >= 15 is 0 Å². The lowest BCUT2D eigenvalue weighted by Gasteiger charge is -2.19. The molecule has 2 aromatic carbocycles. The smallest absolute Gasteiger partial charge is 0.234 e. The van der Waals surface area contributed by atoms with Crippen LogP contribution in [0.3, 0.4) is 0 Å². The molecule has 0 radical (unpaired) electrons. The van der Waals surface area contributed by atoms with Gasteiger partial charge in [-0.1, -0.05) is 30.0 Å². The number of benzene rings is 2. The molecule has 0 unspecified atom stereocenters. The molecule has 9 heteroatoms. The van der Waals surface area contributed by atoms with Crippen molar-refractivity contribution in [1.82, 2.24) is 14.8 Å². The average Bonchev–Trinajstić information content (AvgIpc) is 3.43. The van der Waals surface area contributed by atoms with Gasteiger partial charge in [-0.25, -0.2) is 0 Å². The minimum atomic E-state index is -0.157. The fourth-order valence-corrected chi connectivity index (χ4v) is 4.16. The van der Waals surface area contributed by atoms with Crippen LogP contribution in [0.1, 0.15) is 5.76 Å². The zero-order chi connectivity index (χ0) is 21.9. The number of nitrogens with one attached hydrogen (secondary N) is 1. The number of furan rings is 1. The van der Waals surface area contributed by atoms with Crippen LogP contribution in [0.25, 0.3) is 17.1 Å². The van der Waals surface area contributed by atoms with Crippen molar-refractivity contribution in [2.75, 3.05) is 24.3 Å². The molecule has 0 fully saturated rings. The Kier molecular flexibility index (Phi) is 5.55. The number of carbonyl (C=O) groups excluding carboxylic acids is 1. The van der Waals surface area contributed by atoms with Crippen LogP contribution in [-0.4, -0.2) is 39.6 Å². The Bertz CT molecular complexity index is 1250. The Morgan fingerprint density at radius 1 is 1.06 bits per heavy atom. The Morgan fingerprint density at radius 2 is 1.88 bits per heavy atom. The van der Waals surface area contributed by atoms with E-state index in [4.69, 9.17) is 13.9 Å². The summed E-state index contributed by atoms with van der Waals surface area (Å²) in [7, 11) is 0. The molecule has 4 aromatic rings. The third-order valence-corrected chi connectivity index (χ3v) is 5.83. The number of hydrogen-bond donors (Lipinski definition) is 1. The Hall–Kier alpha value is -3.72. The summed E-state index contributed by atoms with van der Waals surface area (Å²) in [5.41, 5.74) is 2.41. The van der Waals surface area contributed by atoms with Gasteiger partial charge in [0.15, 0.2) is 22.5 Å². The highest BCUT2D eigenvalue weighted by molar-refractivity contribution is 7.99. The van der Waals surface area contributed by atoms with E-state index in [1.165, 1.54) is 11.8 Å². The Labute approximate surface area is 188 Å². The van der Waals surface area contributed by atoms with Crippen molar-refractivity contribution in [3.8, 4) is 28.6 Å². The summed E-state index contributed by atoms with van der Waals surface area (Å²) in [6.45, 7) is 2.90. The first-order valence-electron chi connectivity index (χ1n) is 10.1. The third kappa shape index (κ3) is 4.06. The maximum atomic E-state index is 12.6. The first kappa shape index (κ1) is 20.2. The van der Waals surface area contributed by atoms with E-state index < -0.39 is 0 Å². The lowest BCUT2D eigenvalue weighted by molar-refractivity contribution is -0.113. The molecule has 0 aliphatic carbocycles. The van der Waals surface area contributed by atoms with E-state index in [0.717, 1.165) is 17.0 Å². The van der Waals surface area contributed by atoms with Crippen molar-refractivity contribution < 1.29 is 18.7 Å². The molecule has 8 nitrogen and oxygen atoms in total. The van der Waals surface area contributed by atoms with Crippen LogP contribution in [0.15, 0.2) is 70.4 Å². The Balaban J connectivity index is 1.35. The number of thioether (sulfide) groups is 1. The summed E-state index contributed by atoms with van der Waals surface area (Å²) in [5.74, 6) is 2.74. The van der Waals surface area contributed by atoms with Crippen molar-refractivity contribution in [2.24, 2.45) is 0 Å². The number of rotatable bonds is 6. The average molecular weight is 449 g/mol. The maximum absolute atomic E-state index is 12.6. The predicted molar refractivity (Wildman–Crippen MR) is 121 cm³/mol. The number of nitrogens with zero attached hydrogens (tertiary/aromatic N) is 3. The number of hydrogen-bond acceptors (Lipinski definition) is 7. The highest BCUT2D eigenvalue weighted by Crippen LogP contribution is 2.33. The number of para-hydroxylation sites is 1. The van der Waals surface area contributed by atoms with Gasteiger partial charge in [0.2, 0.25) is 5.91 Å². The summed E-state index contributed by atoms with van der Waals surface area (Å²) < 4.78 is 18.5. The first-order chi connectivity index (χ1) is 15.7. The maximum Gasteiger partial charge on any atom is 0.234 e. The fourth-order valence-electron chi connectivity index (χ4n) is 3.41. The molecule has 1 aliphatic heterocycles. The van der Waals surface area contributed by atoms with E-state index in [9.17, 15) is 4.79 Å². The van der Waals surface area contributed by atoms with Gasteiger partial charge in [0.1, 0.15) is 19.0 Å². The monoisotopic (exact) mass is 448 g/mol. The zero-order valence-corrected chi connectivity index (χ0v) is 18.1. The van der Waals surface area contributed by atoms with Gasteiger partial charge in [-0.05, 0) is 37.3 Å². The number of carbonyl (C=O) groups is 1. The van der Waals surface area contributed by atoms with Gasteiger partial charge in [0.05, 0.1) is 17.6 Å². The van der Waals surface area contributed by atoms with Gasteiger partial charge in [0, 0.05) is 17.4 Å². The van der Waals surface area contributed by atoms with Crippen molar-refractivity contribution in [3.63, 3.8) is 0 Å². The van der Waals surface area contributed by atoms with Crippen LogP contribution in [0.2, 0.25) is 0 Å². The first-order valence-corrected chi connectivity index (χ1v) is 11.1. The summed E-state index contributed by atoms with van der Waals surface area (Å²) in [6, 6.07) is 17.0. The van der Waals surface area contributed by atoms with E-state index in [2.05, 4.69) is 15.5 Å². The van der Waals surface area contributed by atoms with Crippen LogP contribution in [0.4, 0.5) is 5.69 Å². The summed E-state index contributed by atoms with van der Waals surface area (Å²) >= 11 is 1.31. The standard InChI is InChI=1S/C23H20N4O4S/c1-15-18(9-10-29-15)22-25-26-23(27(22)17-5-3-2-4-6-17)32-14-21(28)24-16-7-8-19-20(13-16)31-12-11-30-19/h2-10,13H,11-12,14H2,1H3,(H,24,28). The molecule has 0 saturated carbocycles. The predicted octanol–water partition coefficient (Wildman–Crippen LogP) is 4.34. The quantitative estimate of drug-likeness (QED) is 0.439. The summed E-state index contributed by atoms with van der Waals surface area (Å²) in [6.07, 6.45) is 1.63. The van der Waals surface area contributed by atoms with Crippen molar-refractivity contribution in [2.45, 2.75) is 12.1 Å². The van der Waals surface area contributed by atoms with Crippen LogP contribution in [0.5, 0.6) is 11.5 Å². The molecule has 1 amide bonds. The minimum Gasteiger partial charge on any atom is -0.486 e. The second-order valence-electron chi connectivity index (χ2n) is 7.06. The number of aryl methyl sites for hydroxylation is 1. The molecule has 32 heavy (non-hydrogen) atoms. The molecular weight excluding hydrogens is 428 g/mol. The fraction of sp³-hybridized carbons (Fsp3) is 0.174.